The van der Waals surface area contributed by atoms with Gasteiger partial charge in [0, 0.05) is 18.0 Å². The molecule has 0 saturated carbocycles. The molecule has 0 bridgehead atoms. The van der Waals surface area contributed by atoms with E-state index in [9.17, 15) is 4.79 Å². The highest BCUT2D eigenvalue weighted by Crippen LogP contribution is 2.03. The molecule has 0 radical (unpaired) electrons. The van der Waals surface area contributed by atoms with E-state index < -0.39 is 0 Å². The highest BCUT2D eigenvalue weighted by atomic mass is 35.5. The molecule has 0 aliphatic heterocycles. The van der Waals surface area contributed by atoms with Crippen molar-refractivity contribution < 1.29 is 9.53 Å². The number of rotatable bonds is 4. The maximum Gasteiger partial charge on any atom is 0.309 e. The summed E-state index contributed by atoms with van der Waals surface area (Å²) in [7, 11) is 0. The lowest BCUT2D eigenvalue weighted by Crippen LogP contribution is -2.01. The van der Waals surface area contributed by atoms with Crippen molar-refractivity contribution in [3.8, 4) is 0 Å². The Kier molecular flexibility index (Phi) is 4.77. The first-order valence-electron chi connectivity index (χ1n) is 4.52. The third kappa shape index (κ3) is 4.56. The highest BCUT2D eigenvalue weighted by molar-refractivity contribution is 6.28. The monoisotopic (exact) mass is 226 g/mol. The fourth-order valence-corrected chi connectivity index (χ4v) is 1.02. The van der Waals surface area contributed by atoms with Crippen LogP contribution in [0.5, 0.6) is 0 Å². The predicted molar refractivity (Wildman–Crippen MR) is 57.3 cm³/mol. The standard InChI is InChI=1S/C10H11ClN2O2/c1-2-15-9(14)5-3-4-8-6-12-10(11)13-7-8/h3-4,6-7H,2,5H2,1H3/b4-3+. The van der Waals surface area contributed by atoms with Gasteiger partial charge in [0.25, 0.3) is 0 Å². The van der Waals surface area contributed by atoms with E-state index in [1.54, 1.807) is 31.5 Å². The van der Waals surface area contributed by atoms with Gasteiger partial charge in [0.1, 0.15) is 0 Å². The van der Waals surface area contributed by atoms with Gasteiger partial charge in [0.2, 0.25) is 5.28 Å². The first kappa shape index (κ1) is 11.7. The Hall–Kier alpha value is -1.42. The lowest BCUT2D eigenvalue weighted by atomic mass is 10.3. The van der Waals surface area contributed by atoms with Crippen LogP contribution >= 0.6 is 11.6 Å². The summed E-state index contributed by atoms with van der Waals surface area (Å²) in [6, 6.07) is 0. The van der Waals surface area contributed by atoms with Crippen molar-refractivity contribution in [3.63, 3.8) is 0 Å². The molecule has 0 aromatic carbocycles. The van der Waals surface area contributed by atoms with E-state index in [-0.39, 0.29) is 17.7 Å². The maximum absolute atomic E-state index is 11.0. The lowest BCUT2D eigenvalue weighted by Gasteiger charge is -1.96. The van der Waals surface area contributed by atoms with E-state index in [1.807, 2.05) is 0 Å². The second kappa shape index (κ2) is 6.14. The highest BCUT2D eigenvalue weighted by Gasteiger charge is 1.96. The van der Waals surface area contributed by atoms with Gasteiger partial charge in [-0.2, -0.15) is 0 Å². The molecule has 0 atom stereocenters. The molecule has 1 heterocycles. The van der Waals surface area contributed by atoms with E-state index in [4.69, 9.17) is 16.3 Å². The van der Waals surface area contributed by atoms with Crippen LogP contribution in [-0.2, 0) is 9.53 Å². The number of halogens is 1. The number of nitrogens with zero attached hydrogens (tertiary/aromatic N) is 2. The molecule has 1 aromatic rings. The predicted octanol–water partition coefficient (Wildman–Crippen LogP) is 2.10. The Morgan fingerprint density at radius 1 is 1.53 bits per heavy atom. The smallest absolute Gasteiger partial charge is 0.309 e. The van der Waals surface area contributed by atoms with Crippen LogP contribution < -0.4 is 0 Å². The normalized spacial score (nSPS) is 10.5. The van der Waals surface area contributed by atoms with E-state index in [0.717, 1.165) is 5.56 Å². The van der Waals surface area contributed by atoms with Gasteiger partial charge in [-0.3, -0.25) is 4.79 Å². The van der Waals surface area contributed by atoms with Crippen LogP contribution in [0.4, 0.5) is 0 Å². The van der Waals surface area contributed by atoms with Crippen molar-refractivity contribution in [2.45, 2.75) is 13.3 Å². The van der Waals surface area contributed by atoms with Crippen molar-refractivity contribution in [1.82, 2.24) is 9.97 Å². The first-order chi connectivity index (χ1) is 7.22. The first-order valence-corrected chi connectivity index (χ1v) is 4.90. The zero-order chi connectivity index (χ0) is 11.1. The average molecular weight is 227 g/mol. The molecule has 0 aliphatic rings. The van der Waals surface area contributed by atoms with Crippen molar-refractivity contribution in [3.05, 3.63) is 29.3 Å². The van der Waals surface area contributed by atoms with Crippen LogP contribution in [0.15, 0.2) is 18.5 Å². The molecule has 1 rings (SSSR count). The Labute approximate surface area is 92.9 Å². The van der Waals surface area contributed by atoms with Crippen LogP contribution in [0, 0.1) is 0 Å². The molecular formula is C10H11ClN2O2. The van der Waals surface area contributed by atoms with Crippen LogP contribution in [0.2, 0.25) is 5.28 Å². The summed E-state index contributed by atoms with van der Waals surface area (Å²) in [5.74, 6) is -0.247. The molecule has 5 heteroatoms. The minimum atomic E-state index is -0.247. The SMILES string of the molecule is CCOC(=O)C/C=C/c1cnc(Cl)nc1. The van der Waals surface area contributed by atoms with Gasteiger partial charge >= 0.3 is 5.97 Å². The lowest BCUT2D eigenvalue weighted by molar-refractivity contribution is -0.142. The number of aromatic nitrogens is 2. The van der Waals surface area contributed by atoms with Crippen molar-refractivity contribution in [2.24, 2.45) is 0 Å². The molecule has 0 amide bonds. The minimum Gasteiger partial charge on any atom is -0.466 e. The Morgan fingerprint density at radius 2 is 2.20 bits per heavy atom. The summed E-state index contributed by atoms with van der Waals surface area (Å²) < 4.78 is 4.76. The topological polar surface area (TPSA) is 52.1 Å². The van der Waals surface area contributed by atoms with Gasteiger partial charge in [-0.1, -0.05) is 12.2 Å². The Balaban J connectivity index is 2.44. The summed E-state index contributed by atoms with van der Waals surface area (Å²) >= 11 is 5.52. The number of esters is 1. The van der Waals surface area contributed by atoms with Gasteiger partial charge in [0.05, 0.1) is 13.0 Å². The summed E-state index contributed by atoms with van der Waals surface area (Å²) in [6.07, 6.45) is 6.85. The van der Waals surface area contributed by atoms with E-state index >= 15 is 0 Å². The molecule has 0 N–H and O–H groups in total. The average Bonchev–Trinajstić information content (AvgIpc) is 2.21. The number of carbonyl (C=O) groups is 1. The molecule has 15 heavy (non-hydrogen) atoms. The molecule has 0 fully saturated rings. The fourth-order valence-electron chi connectivity index (χ4n) is 0.919. The second-order valence-electron chi connectivity index (χ2n) is 2.70. The largest absolute Gasteiger partial charge is 0.466 e. The zero-order valence-corrected chi connectivity index (χ0v) is 9.07. The molecule has 0 unspecified atom stereocenters. The van der Waals surface area contributed by atoms with Gasteiger partial charge in [-0.25, -0.2) is 9.97 Å². The van der Waals surface area contributed by atoms with Crippen LogP contribution in [0.3, 0.4) is 0 Å². The van der Waals surface area contributed by atoms with Crippen molar-refractivity contribution >= 4 is 23.6 Å². The number of hydrogen-bond donors (Lipinski definition) is 0. The van der Waals surface area contributed by atoms with Crippen LogP contribution in [-0.4, -0.2) is 22.5 Å². The van der Waals surface area contributed by atoms with E-state index in [0.29, 0.717) is 6.61 Å². The fraction of sp³-hybridized carbons (Fsp3) is 0.300. The molecule has 4 nitrogen and oxygen atoms in total. The molecule has 1 aromatic heterocycles. The summed E-state index contributed by atoms with van der Waals surface area (Å²) in [5.41, 5.74) is 0.795. The number of ether oxygens (including phenoxy) is 1. The van der Waals surface area contributed by atoms with E-state index in [1.165, 1.54) is 0 Å². The molecule has 80 valence electrons. The summed E-state index contributed by atoms with van der Waals surface area (Å²) in [6.45, 7) is 2.17. The summed E-state index contributed by atoms with van der Waals surface area (Å²) in [4.78, 5) is 18.6. The quantitative estimate of drug-likeness (QED) is 0.583. The molecule has 0 saturated heterocycles. The third-order valence-electron chi connectivity index (χ3n) is 1.54. The minimum absolute atomic E-state index is 0.206. The van der Waals surface area contributed by atoms with Crippen LogP contribution in [0.25, 0.3) is 6.08 Å². The van der Waals surface area contributed by atoms with Gasteiger partial charge in [-0.05, 0) is 18.5 Å². The zero-order valence-electron chi connectivity index (χ0n) is 8.31. The van der Waals surface area contributed by atoms with Gasteiger partial charge in [-0.15, -0.1) is 0 Å². The molecule has 0 spiro atoms. The maximum atomic E-state index is 11.0. The number of carbonyl (C=O) groups excluding carboxylic acids is 1. The molecular weight excluding hydrogens is 216 g/mol. The van der Waals surface area contributed by atoms with E-state index in [2.05, 4.69) is 9.97 Å². The third-order valence-corrected chi connectivity index (χ3v) is 1.74. The van der Waals surface area contributed by atoms with Crippen molar-refractivity contribution in [1.29, 1.82) is 0 Å². The van der Waals surface area contributed by atoms with Crippen molar-refractivity contribution in [2.75, 3.05) is 6.61 Å². The Morgan fingerprint density at radius 3 is 2.80 bits per heavy atom. The van der Waals surface area contributed by atoms with Gasteiger partial charge < -0.3 is 4.74 Å². The number of hydrogen-bond acceptors (Lipinski definition) is 4. The van der Waals surface area contributed by atoms with Crippen LogP contribution in [0.1, 0.15) is 18.9 Å². The second-order valence-corrected chi connectivity index (χ2v) is 3.04. The summed E-state index contributed by atoms with van der Waals surface area (Å²) in [5, 5.41) is 0.206. The molecule has 0 aliphatic carbocycles. The van der Waals surface area contributed by atoms with Gasteiger partial charge in [0.15, 0.2) is 0 Å². The Bertz CT molecular complexity index is 349.